The van der Waals surface area contributed by atoms with Gasteiger partial charge >= 0.3 is 0 Å². The van der Waals surface area contributed by atoms with Gasteiger partial charge in [0.15, 0.2) is 0 Å². The van der Waals surface area contributed by atoms with E-state index in [1.54, 1.807) is 19.2 Å². The second kappa shape index (κ2) is 9.45. The average molecular weight is 396 g/mol. The maximum absolute atomic E-state index is 12.9. The topological polar surface area (TPSA) is 78.9 Å². The zero-order valence-electron chi connectivity index (χ0n) is 16.9. The molecule has 1 aliphatic heterocycles. The number of ether oxygens (including phenoxy) is 1. The molecule has 6 nitrogen and oxygen atoms in total. The highest BCUT2D eigenvalue weighted by Crippen LogP contribution is 2.30. The summed E-state index contributed by atoms with van der Waals surface area (Å²) in [6.45, 7) is 2.85. The number of likely N-dealkylation sites (tertiary alicyclic amines) is 1. The maximum Gasteiger partial charge on any atom is 0.224 e. The van der Waals surface area contributed by atoms with Crippen LogP contribution in [0, 0.1) is 0 Å². The molecule has 2 N–H and O–H groups in total. The predicted molar refractivity (Wildman–Crippen MR) is 111 cm³/mol. The largest absolute Gasteiger partial charge is 0.508 e. The summed E-state index contributed by atoms with van der Waals surface area (Å²) in [6.07, 6.45) is 2.02. The second-order valence-corrected chi connectivity index (χ2v) is 7.48. The number of carbonyl (C=O) groups excluding carboxylic acids is 2. The number of nitrogens with one attached hydrogen (secondary N) is 1. The lowest BCUT2D eigenvalue weighted by Crippen LogP contribution is -2.40. The molecule has 6 heteroatoms. The number of nitrogens with zero attached hydrogens (tertiary/aromatic N) is 1. The third-order valence-electron chi connectivity index (χ3n) is 5.49. The van der Waals surface area contributed by atoms with E-state index in [1.807, 2.05) is 41.3 Å². The normalized spacial score (nSPS) is 15.6. The van der Waals surface area contributed by atoms with Crippen molar-refractivity contribution >= 4 is 11.8 Å². The molecule has 2 aromatic carbocycles. The summed E-state index contributed by atoms with van der Waals surface area (Å²) in [5, 5.41) is 12.3. The van der Waals surface area contributed by atoms with Gasteiger partial charge in [0.1, 0.15) is 11.5 Å². The van der Waals surface area contributed by atoms with Crippen LogP contribution in [-0.2, 0) is 9.59 Å². The molecule has 154 valence electrons. The highest BCUT2D eigenvalue weighted by Gasteiger charge is 2.26. The van der Waals surface area contributed by atoms with Crippen molar-refractivity contribution in [2.24, 2.45) is 0 Å². The molecule has 0 aliphatic carbocycles. The molecule has 3 rings (SSSR count). The number of hydrogen-bond donors (Lipinski definition) is 2. The summed E-state index contributed by atoms with van der Waals surface area (Å²) in [4.78, 5) is 26.4. The van der Waals surface area contributed by atoms with Gasteiger partial charge in [-0.25, -0.2) is 0 Å². The second-order valence-electron chi connectivity index (χ2n) is 7.48. The van der Waals surface area contributed by atoms with E-state index >= 15 is 0 Å². The molecule has 2 aromatic rings. The van der Waals surface area contributed by atoms with Gasteiger partial charge < -0.3 is 20.1 Å². The summed E-state index contributed by atoms with van der Waals surface area (Å²) < 4.78 is 5.18. The fraction of sp³-hybridized carbons (Fsp3) is 0.391. The van der Waals surface area contributed by atoms with E-state index < -0.39 is 0 Å². The molecular weight excluding hydrogens is 368 g/mol. The highest BCUT2D eigenvalue weighted by molar-refractivity contribution is 5.79. The number of benzene rings is 2. The van der Waals surface area contributed by atoms with Crippen LogP contribution < -0.4 is 10.1 Å². The fourth-order valence-corrected chi connectivity index (χ4v) is 3.85. The van der Waals surface area contributed by atoms with E-state index in [0.717, 1.165) is 24.2 Å². The van der Waals surface area contributed by atoms with E-state index in [0.29, 0.717) is 19.0 Å². The fourth-order valence-electron chi connectivity index (χ4n) is 3.85. The molecule has 1 saturated heterocycles. The van der Waals surface area contributed by atoms with Crippen molar-refractivity contribution in [3.63, 3.8) is 0 Å². The Labute approximate surface area is 171 Å². The first-order chi connectivity index (χ1) is 14.0. The number of rotatable bonds is 6. The molecule has 0 saturated carbocycles. The molecule has 1 aliphatic rings. The van der Waals surface area contributed by atoms with Crippen molar-refractivity contribution in [3.8, 4) is 11.5 Å². The predicted octanol–water partition coefficient (Wildman–Crippen LogP) is 3.37. The van der Waals surface area contributed by atoms with Gasteiger partial charge in [0.05, 0.1) is 19.6 Å². The van der Waals surface area contributed by atoms with Crippen LogP contribution in [-0.4, -0.2) is 42.0 Å². The highest BCUT2D eigenvalue weighted by atomic mass is 16.5. The van der Waals surface area contributed by atoms with Crippen LogP contribution >= 0.6 is 0 Å². The smallest absolute Gasteiger partial charge is 0.224 e. The zero-order chi connectivity index (χ0) is 20.8. The molecule has 0 radical (unpaired) electrons. The minimum absolute atomic E-state index is 0.0451. The van der Waals surface area contributed by atoms with Crippen molar-refractivity contribution in [2.45, 2.75) is 38.1 Å². The number of aromatic hydroxyl groups is 1. The summed E-state index contributed by atoms with van der Waals surface area (Å²) in [5.74, 6) is 1.28. The molecule has 0 bridgehead atoms. The lowest BCUT2D eigenvalue weighted by atomic mass is 9.89. The van der Waals surface area contributed by atoms with Crippen LogP contribution in [0.1, 0.15) is 49.3 Å². The van der Waals surface area contributed by atoms with Crippen molar-refractivity contribution < 1.29 is 19.4 Å². The van der Waals surface area contributed by atoms with Gasteiger partial charge in [-0.1, -0.05) is 24.3 Å². The van der Waals surface area contributed by atoms with E-state index in [2.05, 4.69) is 5.32 Å². The van der Waals surface area contributed by atoms with Crippen molar-refractivity contribution in [1.82, 2.24) is 10.2 Å². The van der Waals surface area contributed by atoms with E-state index in [-0.39, 0.29) is 30.0 Å². The lowest BCUT2D eigenvalue weighted by molar-refractivity contribution is -0.133. The summed E-state index contributed by atoms with van der Waals surface area (Å²) in [5.41, 5.74) is 2.08. The van der Waals surface area contributed by atoms with Crippen LogP contribution in [0.15, 0.2) is 48.5 Å². The Morgan fingerprint density at radius 1 is 1.10 bits per heavy atom. The van der Waals surface area contributed by atoms with Crippen LogP contribution in [0.5, 0.6) is 11.5 Å². The number of methoxy groups -OCH3 is 1. The summed E-state index contributed by atoms with van der Waals surface area (Å²) >= 11 is 0. The van der Waals surface area contributed by atoms with E-state index in [4.69, 9.17) is 4.74 Å². The summed E-state index contributed by atoms with van der Waals surface area (Å²) in [6, 6.07) is 14.4. The Morgan fingerprint density at radius 2 is 1.72 bits per heavy atom. The van der Waals surface area contributed by atoms with E-state index in [1.165, 1.54) is 12.5 Å². The molecule has 0 spiro atoms. The van der Waals surface area contributed by atoms with Crippen LogP contribution in [0.4, 0.5) is 0 Å². The molecular formula is C23H28N2O4. The Hall–Kier alpha value is -3.02. The SMILES string of the molecule is COc1ccc(C(CC(=O)N2CCC(c3ccc(O)cc3)CC2)NC(C)=O)cc1. The minimum Gasteiger partial charge on any atom is -0.508 e. The van der Waals surface area contributed by atoms with Crippen LogP contribution in [0.2, 0.25) is 0 Å². The molecule has 29 heavy (non-hydrogen) atoms. The molecule has 2 amide bonds. The van der Waals surface area contributed by atoms with Crippen molar-refractivity contribution in [2.75, 3.05) is 20.2 Å². The first-order valence-corrected chi connectivity index (χ1v) is 9.94. The first kappa shape index (κ1) is 20.7. The Balaban J connectivity index is 1.60. The Kier molecular flexibility index (Phi) is 6.75. The number of hydrogen-bond acceptors (Lipinski definition) is 4. The monoisotopic (exact) mass is 396 g/mol. The van der Waals surface area contributed by atoms with Gasteiger partial charge in [-0.3, -0.25) is 9.59 Å². The standard InChI is InChI=1S/C23H28N2O4/c1-16(26)24-22(19-5-9-21(29-2)10-6-19)15-23(28)25-13-11-18(12-14-25)17-3-7-20(27)8-4-17/h3-10,18,22,27H,11-15H2,1-2H3,(H,24,26). The van der Waals surface area contributed by atoms with Crippen molar-refractivity contribution in [3.05, 3.63) is 59.7 Å². The van der Waals surface area contributed by atoms with Gasteiger partial charge in [0.2, 0.25) is 11.8 Å². The average Bonchev–Trinajstić information content (AvgIpc) is 2.73. The van der Waals surface area contributed by atoms with E-state index in [9.17, 15) is 14.7 Å². The van der Waals surface area contributed by atoms with Gasteiger partial charge in [0.25, 0.3) is 0 Å². The molecule has 1 unspecified atom stereocenters. The number of piperidine rings is 1. The zero-order valence-corrected chi connectivity index (χ0v) is 16.9. The number of amides is 2. The molecule has 1 atom stereocenters. The molecule has 0 aromatic heterocycles. The Morgan fingerprint density at radius 3 is 2.28 bits per heavy atom. The number of phenols is 1. The maximum atomic E-state index is 12.9. The van der Waals surface area contributed by atoms with Gasteiger partial charge in [-0.2, -0.15) is 0 Å². The first-order valence-electron chi connectivity index (χ1n) is 9.94. The quantitative estimate of drug-likeness (QED) is 0.785. The number of carbonyl (C=O) groups is 2. The van der Waals surface area contributed by atoms with Gasteiger partial charge in [-0.15, -0.1) is 0 Å². The number of phenolic OH excluding ortho intramolecular Hbond substituents is 1. The third-order valence-corrected chi connectivity index (χ3v) is 5.49. The van der Waals surface area contributed by atoms with Crippen molar-refractivity contribution in [1.29, 1.82) is 0 Å². The third kappa shape index (κ3) is 5.50. The Bertz CT molecular complexity index is 825. The lowest BCUT2D eigenvalue weighted by Gasteiger charge is -2.33. The summed E-state index contributed by atoms with van der Waals surface area (Å²) in [7, 11) is 1.60. The van der Waals surface area contributed by atoms with Gasteiger partial charge in [0, 0.05) is 20.0 Å². The molecule has 1 heterocycles. The van der Waals surface area contributed by atoms with Gasteiger partial charge in [-0.05, 0) is 54.2 Å². The minimum atomic E-state index is -0.360. The molecule has 1 fully saturated rings. The van der Waals surface area contributed by atoms with Crippen LogP contribution in [0.3, 0.4) is 0 Å². The van der Waals surface area contributed by atoms with Crippen LogP contribution in [0.25, 0.3) is 0 Å².